The molecule has 126 valence electrons. The summed E-state index contributed by atoms with van der Waals surface area (Å²) < 4.78 is 2.08. The summed E-state index contributed by atoms with van der Waals surface area (Å²) in [6, 6.07) is 5.48. The van der Waals surface area contributed by atoms with Crippen molar-refractivity contribution in [3.05, 3.63) is 49.7 Å². The van der Waals surface area contributed by atoms with Crippen LogP contribution in [0.3, 0.4) is 0 Å². The van der Waals surface area contributed by atoms with E-state index in [-0.39, 0.29) is 18.1 Å². The van der Waals surface area contributed by atoms with Gasteiger partial charge in [-0.15, -0.1) is 11.3 Å². The minimum atomic E-state index is -0.113. The highest BCUT2D eigenvalue weighted by Crippen LogP contribution is 2.31. The van der Waals surface area contributed by atoms with Gasteiger partial charge in [-0.3, -0.25) is 4.99 Å². The van der Waals surface area contributed by atoms with Gasteiger partial charge in [0.05, 0.1) is 22.7 Å². The molecule has 6 heteroatoms. The zero-order valence-electron chi connectivity index (χ0n) is 13.8. The number of rotatable bonds is 4. The van der Waals surface area contributed by atoms with Crippen molar-refractivity contribution < 1.29 is 5.11 Å². The van der Waals surface area contributed by atoms with Crippen molar-refractivity contribution >= 4 is 34.5 Å². The maximum Gasteiger partial charge on any atom is 0.185 e. The minimum absolute atomic E-state index is 0.00359. The highest BCUT2D eigenvalue weighted by Gasteiger charge is 2.20. The second kappa shape index (κ2) is 7.39. The van der Waals surface area contributed by atoms with E-state index in [4.69, 9.17) is 28.2 Å². The van der Waals surface area contributed by atoms with E-state index in [2.05, 4.69) is 30.7 Å². The standard InChI is InChI=1S/C17H22Cl2N2OS/c1-11(12-6-5-7-13(18)15(12)19)20-16-21(8-9-22)14(10-23-16)17(2,3)4/h5-7,10-11,22H,8-9H2,1-4H3. The van der Waals surface area contributed by atoms with E-state index >= 15 is 0 Å². The number of aromatic nitrogens is 1. The molecule has 0 aliphatic rings. The smallest absolute Gasteiger partial charge is 0.185 e. The predicted octanol–water partition coefficient (Wildman–Crippen LogP) is 4.81. The molecule has 0 radical (unpaired) electrons. The normalized spacial score (nSPS) is 14.3. The predicted molar refractivity (Wildman–Crippen MR) is 98.5 cm³/mol. The van der Waals surface area contributed by atoms with E-state index in [9.17, 15) is 5.11 Å². The van der Waals surface area contributed by atoms with Crippen LogP contribution in [-0.2, 0) is 12.0 Å². The molecule has 1 atom stereocenters. The first kappa shape index (κ1) is 18.5. The van der Waals surface area contributed by atoms with Crippen molar-refractivity contribution in [3.63, 3.8) is 0 Å². The van der Waals surface area contributed by atoms with Crippen LogP contribution < -0.4 is 4.80 Å². The highest BCUT2D eigenvalue weighted by molar-refractivity contribution is 7.07. The third-order valence-corrected chi connectivity index (χ3v) is 5.34. The summed E-state index contributed by atoms with van der Waals surface area (Å²) in [6.07, 6.45) is 0. The Bertz CT molecular complexity index is 744. The lowest BCUT2D eigenvalue weighted by Crippen LogP contribution is -2.26. The molecule has 23 heavy (non-hydrogen) atoms. The fourth-order valence-electron chi connectivity index (χ4n) is 2.42. The molecule has 1 unspecified atom stereocenters. The van der Waals surface area contributed by atoms with Gasteiger partial charge in [0.15, 0.2) is 4.80 Å². The monoisotopic (exact) mass is 372 g/mol. The van der Waals surface area contributed by atoms with Gasteiger partial charge in [0, 0.05) is 23.0 Å². The molecule has 0 spiro atoms. The Morgan fingerprint density at radius 3 is 2.61 bits per heavy atom. The number of benzene rings is 1. The summed E-state index contributed by atoms with van der Waals surface area (Å²) in [5.74, 6) is 0. The minimum Gasteiger partial charge on any atom is -0.395 e. The van der Waals surface area contributed by atoms with Gasteiger partial charge in [0.2, 0.25) is 0 Å². The van der Waals surface area contributed by atoms with Crippen molar-refractivity contribution in [2.75, 3.05) is 6.61 Å². The summed E-state index contributed by atoms with van der Waals surface area (Å²) >= 11 is 14.0. The lowest BCUT2D eigenvalue weighted by Gasteiger charge is -2.20. The van der Waals surface area contributed by atoms with Crippen LogP contribution in [0.2, 0.25) is 10.0 Å². The number of hydrogen-bond acceptors (Lipinski definition) is 3. The maximum atomic E-state index is 9.39. The van der Waals surface area contributed by atoms with Crippen LogP contribution in [0.25, 0.3) is 0 Å². The molecule has 0 bridgehead atoms. The molecule has 1 heterocycles. The SMILES string of the molecule is CC(N=c1scc(C(C)(C)C)n1CCO)c1cccc(Cl)c1Cl. The Morgan fingerprint density at radius 2 is 2.00 bits per heavy atom. The summed E-state index contributed by atoms with van der Waals surface area (Å²) in [6.45, 7) is 9.08. The molecule has 1 aromatic heterocycles. The van der Waals surface area contributed by atoms with Gasteiger partial charge in [-0.05, 0) is 18.6 Å². The molecule has 0 amide bonds. The van der Waals surface area contributed by atoms with Crippen LogP contribution in [0.15, 0.2) is 28.6 Å². The third kappa shape index (κ3) is 4.18. The largest absolute Gasteiger partial charge is 0.395 e. The van der Waals surface area contributed by atoms with E-state index in [1.807, 2.05) is 19.1 Å². The first-order valence-corrected chi connectivity index (χ1v) is 9.16. The topological polar surface area (TPSA) is 37.5 Å². The summed E-state index contributed by atoms with van der Waals surface area (Å²) in [4.78, 5) is 5.69. The van der Waals surface area contributed by atoms with Gasteiger partial charge in [-0.2, -0.15) is 0 Å². The van der Waals surface area contributed by atoms with Crippen LogP contribution in [0.1, 0.15) is 45.0 Å². The van der Waals surface area contributed by atoms with Gasteiger partial charge in [-0.1, -0.05) is 56.1 Å². The maximum absolute atomic E-state index is 9.39. The average molecular weight is 373 g/mol. The second-order valence-corrected chi connectivity index (χ2v) is 8.10. The fraction of sp³-hybridized carbons (Fsp3) is 0.471. The number of aliphatic hydroxyl groups is 1. The molecule has 3 nitrogen and oxygen atoms in total. The van der Waals surface area contributed by atoms with Crippen molar-refractivity contribution in [2.24, 2.45) is 4.99 Å². The lowest BCUT2D eigenvalue weighted by atomic mass is 9.93. The zero-order valence-corrected chi connectivity index (χ0v) is 16.1. The van der Waals surface area contributed by atoms with E-state index < -0.39 is 0 Å². The van der Waals surface area contributed by atoms with Gasteiger partial charge in [0.25, 0.3) is 0 Å². The molecule has 2 aromatic rings. The number of hydrogen-bond donors (Lipinski definition) is 1. The molecular weight excluding hydrogens is 351 g/mol. The number of nitrogens with zero attached hydrogens (tertiary/aromatic N) is 2. The van der Waals surface area contributed by atoms with Crippen LogP contribution in [-0.4, -0.2) is 16.3 Å². The van der Waals surface area contributed by atoms with Crippen LogP contribution >= 0.6 is 34.5 Å². The van der Waals surface area contributed by atoms with Crippen LogP contribution in [0.4, 0.5) is 0 Å². The van der Waals surface area contributed by atoms with E-state index in [1.54, 1.807) is 17.4 Å². The third-order valence-electron chi connectivity index (χ3n) is 3.63. The highest BCUT2D eigenvalue weighted by atomic mass is 35.5. The quantitative estimate of drug-likeness (QED) is 0.821. The van der Waals surface area contributed by atoms with E-state index in [1.165, 1.54) is 5.69 Å². The number of halogens is 2. The van der Waals surface area contributed by atoms with Crippen molar-refractivity contribution in [2.45, 2.75) is 45.7 Å². The Balaban J connectivity index is 2.50. The van der Waals surface area contributed by atoms with Crippen molar-refractivity contribution in [3.8, 4) is 0 Å². The van der Waals surface area contributed by atoms with Gasteiger partial charge in [-0.25, -0.2) is 0 Å². The van der Waals surface area contributed by atoms with E-state index in [0.717, 1.165) is 10.4 Å². The van der Waals surface area contributed by atoms with Gasteiger partial charge >= 0.3 is 0 Å². The van der Waals surface area contributed by atoms with E-state index in [0.29, 0.717) is 16.6 Å². The van der Waals surface area contributed by atoms with Crippen molar-refractivity contribution in [1.82, 2.24) is 4.57 Å². The molecule has 0 fully saturated rings. The molecule has 0 saturated heterocycles. The molecule has 2 rings (SSSR count). The molecule has 1 N–H and O–H groups in total. The van der Waals surface area contributed by atoms with Crippen LogP contribution in [0, 0.1) is 0 Å². The average Bonchev–Trinajstić information content (AvgIpc) is 2.85. The van der Waals surface area contributed by atoms with Gasteiger partial charge in [0.1, 0.15) is 0 Å². The van der Waals surface area contributed by atoms with Gasteiger partial charge < -0.3 is 9.67 Å². The molecule has 1 aromatic carbocycles. The molecule has 0 aliphatic carbocycles. The Kier molecular flexibility index (Phi) is 5.95. The lowest BCUT2D eigenvalue weighted by molar-refractivity contribution is 0.269. The summed E-state index contributed by atoms with van der Waals surface area (Å²) in [7, 11) is 0. The first-order valence-electron chi connectivity index (χ1n) is 7.53. The molecular formula is C17H22Cl2N2OS. The Labute approximate surface area is 151 Å². The number of thiazole rings is 1. The summed E-state index contributed by atoms with van der Waals surface area (Å²) in [5, 5.41) is 12.6. The number of aliphatic hydroxyl groups excluding tert-OH is 1. The second-order valence-electron chi connectivity index (χ2n) is 6.48. The first-order chi connectivity index (χ1) is 10.8. The molecule has 0 saturated carbocycles. The van der Waals surface area contributed by atoms with Crippen LogP contribution in [0.5, 0.6) is 0 Å². The molecule has 0 aliphatic heterocycles. The zero-order chi connectivity index (χ0) is 17.2. The Hall–Kier alpha value is -0.810. The Morgan fingerprint density at radius 1 is 1.30 bits per heavy atom. The van der Waals surface area contributed by atoms with Crippen molar-refractivity contribution in [1.29, 1.82) is 0 Å². The fourth-order valence-corrected chi connectivity index (χ4v) is 4.11. The summed E-state index contributed by atoms with van der Waals surface area (Å²) in [5.41, 5.74) is 2.07.